The molecule has 0 aliphatic heterocycles. The van der Waals surface area contributed by atoms with Crippen molar-refractivity contribution in [1.29, 1.82) is 0 Å². The van der Waals surface area contributed by atoms with Gasteiger partial charge >= 0.3 is 11.9 Å². The van der Waals surface area contributed by atoms with Gasteiger partial charge in [0.1, 0.15) is 0 Å². The fourth-order valence-corrected chi connectivity index (χ4v) is 1.74. The van der Waals surface area contributed by atoms with Gasteiger partial charge in [-0.1, -0.05) is 65.3 Å². The van der Waals surface area contributed by atoms with Crippen molar-refractivity contribution < 1.29 is 19.8 Å². The molecule has 0 aromatic heterocycles. The van der Waals surface area contributed by atoms with Crippen molar-refractivity contribution >= 4 is 11.9 Å². The van der Waals surface area contributed by atoms with Crippen LogP contribution in [0.2, 0.25) is 0 Å². The molecule has 0 atom stereocenters. The van der Waals surface area contributed by atoms with Crippen LogP contribution in [-0.4, -0.2) is 22.2 Å². The average molecular weight is 342 g/mol. The number of rotatable bonds is 8. The molecular weight excluding hydrogens is 316 g/mol. The van der Waals surface area contributed by atoms with Gasteiger partial charge in [0.15, 0.2) is 0 Å². The smallest absolute Gasteiger partial charge is 0.331 e. The van der Waals surface area contributed by atoms with Gasteiger partial charge in [-0.25, -0.2) is 9.59 Å². The molecule has 0 unspecified atom stereocenters. The van der Waals surface area contributed by atoms with E-state index < -0.39 is 11.9 Å². The van der Waals surface area contributed by atoms with Gasteiger partial charge in [0.2, 0.25) is 0 Å². The van der Waals surface area contributed by atoms with E-state index in [2.05, 4.69) is 0 Å². The highest BCUT2D eigenvalue weighted by atomic mass is 16.4. The lowest BCUT2D eigenvalue weighted by Crippen LogP contribution is -1.95. The Labute approximate surface area is 149 Å². The summed E-state index contributed by atoms with van der Waals surface area (Å²) in [5.74, 6) is -1.85. The lowest BCUT2D eigenvalue weighted by Gasteiger charge is -1.96. The molecule has 0 heterocycles. The van der Waals surface area contributed by atoms with E-state index in [0.29, 0.717) is 5.57 Å². The van der Waals surface area contributed by atoms with Crippen LogP contribution in [0, 0.1) is 0 Å². The van der Waals surface area contributed by atoms with Gasteiger partial charge in [-0.05, 0) is 40.7 Å². The summed E-state index contributed by atoms with van der Waals surface area (Å²) in [6.45, 7) is 8.82. The zero-order chi connectivity index (χ0) is 19.4. The molecule has 4 nitrogen and oxygen atoms in total. The summed E-state index contributed by atoms with van der Waals surface area (Å²) in [7, 11) is 0. The van der Waals surface area contributed by atoms with Gasteiger partial charge in [-0.2, -0.15) is 0 Å². The van der Waals surface area contributed by atoms with Crippen LogP contribution in [0.3, 0.4) is 0 Å². The van der Waals surface area contributed by atoms with E-state index >= 15 is 0 Å². The Kier molecular flexibility index (Phi) is 10.3. The fourth-order valence-electron chi connectivity index (χ4n) is 1.74. The maximum Gasteiger partial charge on any atom is 0.331 e. The van der Waals surface area contributed by atoms with Crippen LogP contribution in [0.4, 0.5) is 0 Å². The molecule has 0 fully saturated rings. The van der Waals surface area contributed by atoms with E-state index in [1.165, 1.54) is 0 Å². The van der Waals surface area contributed by atoms with Gasteiger partial charge in [-0.15, -0.1) is 0 Å². The molecule has 0 aliphatic rings. The lowest BCUT2D eigenvalue weighted by atomic mass is 10.1. The van der Waals surface area contributed by atoms with Gasteiger partial charge < -0.3 is 10.2 Å². The van der Waals surface area contributed by atoms with Crippen LogP contribution >= 0.6 is 0 Å². The van der Waals surface area contributed by atoms with E-state index in [1.807, 2.05) is 57.2 Å². The molecule has 0 radical (unpaired) electrons. The maximum absolute atomic E-state index is 10.8. The molecule has 0 spiro atoms. The van der Waals surface area contributed by atoms with Crippen molar-refractivity contribution in [3.63, 3.8) is 0 Å². The number of carbonyl (C=O) groups is 2. The molecule has 0 saturated carbocycles. The second kappa shape index (κ2) is 11.6. The summed E-state index contributed by atoms with van der Waals surface area (Å²) < 4.78 is 0. The number of allylic oxidation sites excluding steroid dienone is 12. The maximum atomic E-state index is 10.8. The molecule has 0 amide bonds. The van der Waals surface area contributed by atoms with Crippen LogP contribution in [0.25, 0.3) is 0 Å². The van der Waals surface area contributed by atoms with Crippen LogP contribution < -0.4 is 0 Å². The van der Waals surface area contributed by atoms with Gasteiger partial charge in [0.05, 0.1) is 0 Å². The van der Waals surface area contributed by atoms with E-state index in [-0.39, 0.29) is 5.57 Å². The minimum absolute atomic E-state index is 0.285. The number of hydrogen-bond donors (Lipinski definition) is 2. The average Bonchev–Trinajstić information content (AvgIpc) is 2.50. The summed E-state index contributed by atoms with van der Waals surface area (Å²) in [4.78, 5) is 21.4. The molecule has 4 heteroatoms. The van der Waals surface area contributed by atoms with Crippen molar-refractivity contribution in [2.75, 3.05) is 0 Å². The summed E-state index contributed by atoms with van der Waals surface area (Å²) in [6, 6.07) is 0. The van der Waals surface area contributed by atoms with Gasteiger partial charge in [0, 0.05) is 11.1 Å². The summed E-state index contributed by atoms with van der Waals surface area (Å²) >= 11 is 0. The van der Waals surface area contributed by atoms with Crippen molar-refractivity contribution in [1.82, 2.24) is 0 Å². The molecule has 0 aromatic carbocycles. The Morgan fingerprint density at radius 2 is 1.12 bits per heavy atom. The van der Waals surface area contributed by atoms with E-state index in [1.54, 1.807) is 32.1 Å². The third kappa shape index (κ3) is 11.3. The predicted molar refractivity (Wildman–Crippen MR) is 102 cm³/mol. The zero-order valence-electron chi connectivity index (χ0n) is 15.4. The molecule has 0 aromatic rings. The van der Waals surface area contributed by atoms with Crippen molar-refractivity contribution in [3.05, 3.63) is 82.5 Å². The standard InChI is InChI=1S/C21H26O4/c1-15(11-8-12-18(4)20(22)23)9-6-7-10-16(2)13-17(3)14-19(5)21(24)25/h6-14H,1-5H3,(H,22,23)(H,24,25)/b7-6+,11-8+,15-9+,16-10+,17-13+,18-12+,19-14+. The first-order valence-electron chi connectivity index (χ1n) is 7.83. The number of carboxylic acids is 2. The Hall–Kier alpha value is -2.88. The molecule has 0 saturated heterocycles. The monoisotopic (exact) mass is 342 g/mol. The van der Waals surface area contributed by atoms with Crippen LogP contribution in [0.5, 0.6) is 0 Å². The number of carboxylic acid groups (broad SMARTS) is 2. The van der Waals surface area contributed by atoms with E-state index in [0.717, 1.165) is 16.7 Å². The van der Waals surface area contributed by atoms with Gasteiger partial charge in [-0.3, -0.25) is 0 Å². The van der Waals surface area contributed by atoms with Crippen LogP contribution in [-0.2, 0) is 9.59 Å². The minimum atomic E-state index is -0.927. The Bertz CT molecular complexity index is 708. The van der Waals surface area contributed by atoms with Crippen molar-refractivity contribution in [2.24, 2.45) is 0 Å². The fraction of sp³-hybridized carbons (Fsp3) is 0.238. The molecule has 0 bridgehead atoms. The highest BCUT2D eigenvalue weighted by molar-refractivity contribution is 5.86. The Morgan fingerprint density at radius 3 is 1.64 bits per heavy atom. The third-order valence-corrected chi connectivity index (χ3v) is 3.11. The number of aliphatic carboxylic acids is 2. The molecule has 2 N–H and O–H groups in total. The largest absolute Gasteiger partial charge is 0.478 e. The van der Waals surface area contributed by atoms with Crippen molar-refractivity contribution in [3.8, 4) is 0 Å². The molecular formula is C21H26O4. The Balaban J connectivity index is 4.83. The summed E-state index contributed by atoms with van der Waals surface area (Å²) in [5, 5.41) is 17.6. The van der Waals surface area contributed by atoms with Crippen molar-refractivity contribution in [2.45, 2.75) is 34.6 Å². The highest BCUT2D eigenvalue weighted by Crippen LogP contribution is 2.07. The van der Waals surface area contributed by atoms with Gasteiger partial charge in [0.25, 0.3) is 0 Å². The lowest BCUT2D eigenvalue weighted by molar-refractivity contribution is -0.133. The molecule has 25 heavy (non-hydrogen) atoms. The SMILES string of the molecule is CC(/C=C/C=C(\C)C(=O)O)=C\C=C\C=C(C)\C=C(C)\C=C(/C)C(=O)O. The first kappa shape index (κ1) is 22.1. The molecule has 134 valence electrons. The highest BCUT2D eigenvalue weighted by Gasteiger charge is 1.98. The van der Waals surface area contributed by atoms with Crippen LogP contribution in [0.15, 0.2) is 82.5 Å². The normalized spacial score (nSPS) is 15.3. The molecule has 0 rings (SSSR count). The quantitative estimate of drug-likeness (QED) is 0.481. The minimum Gasteiger partial charge on any atom is -0.478 e. The predicted octanol–water partition coefficient (Wildman–Crippen LogP) is 5.00. The van der Waals surface area contributed by atoms with E-state index in [9.17, 15) is 9.59 Å². The Morgan fingerprint density at radius 1 is 0.600 bits per heavy atom. The van der Waals surface area contributed by atoms with E-state index in [4.69, 9.17) is 10.2 Å². The first-order valence-corrected chi connectivity index (χ1v) is 7.83. The first-order chi connectivity index (χ1) is 11.6. The summed E-state index contributed by atoms with van der Waals surface area (Å²) in [5.41, 5.74) is 3.45. The number of hydrogen-bond acceptors (Lipinski definition) is 2. The molecule has 0 aliphatic carbocycles. The topological polar surface area (TPSA) is 74.6 Å². The second-order valence-corrected chi connectivity index (χ2v) is 5.74. The summed E-state index contributed by atoms with van der Waals surface area (Å²) in [6.07, 6.45) is 16.2. The zero-order valence-corrected chi connectivity index (χ0v) is 15.4. The van der Waals surface area contributed by atoms with Crippen LogP contribution in [0.1, 0.15) is 34.6 Å². The third-order valence-electron chi connectivity index (χ3n) is 3.11. The second-order valence-electron chi connectivity index (χ2n) is 5.74.